The zero-order valence-electron chi connectivity index (χ0n) is 15.7. The first kappa shape index (κ1) is 17.4. The number of pyridine rings is 2. The van der Waals surface area contributed by atoms with E-state index in [2.05, 4.69) is 15.3 Å². The van der Waals surface area contributed by atoms with Crippen LogP contribution in [0, 0.1) is 6.92 Å². The topological polar surface area (TPSA) is 72.8 Å². The van der Waals surface area contributed by atoms with Crippen LogP contribution in [0.3, 0.4) is 0 Å². The largest absolute Gasteiger partial charge is 0.471 e. The number of nitrogens with zero attached hydrogens (tertiary/aromatic N) is 4. The standard InChI is InChI=1S/C21H23N5O/c1-14-21(22-2)26-19(12-24-14)17-11-20(25-18-9-4-3-8-16(17)18)27-13-15-7-5-6-10-23-15/h5-7,10-12H,3-4,8-9,13H2,1-2H3,(H,22,26). The molecule has 0 atom stereocenters. The normalized spacial score (nSPS) is 13.1. The molecule has 0 saturated heterocycles. The molecular formula is C21H23N5O. The first-order valence-electron chi connectivity index (χ1n) is 9.32. The van der Waals surface area contributed by atoms with Crippen molar-refractivity contribution in [1.82, 2.24) is 19.9 Å². The molecule has 3 aromatic heterocycles. The molecule has 1 aliphatic carbocycles. The maximum absolute atomic E-state index is 5.96. The van der Waals surface area contributed by atoms with Crippen molar-refractivity contribution in [2.45, 2.75) is 39.2 Å². The van der Waals surface area contributed by atoms with Gasteiger partial charge in [0.15, 0.2) is 0 Å². The smallest absolute Gasteiger partial charge is 0.214 e. The molecular weight excluding hydrogens is 338 g/mol. The lowest BCUT2D eigenvalue weighted by molar-refractivity contribution is 0.288. The molecule has 138 valence electrons. The van der Waals surface area contributed by atoms with E-state index in [1.807, 2.05) is 44.4 Å². The van der Waals surface area contributed by atoms with E-state index in [4.69, 9.17) is 14.7 Å². The van der Waals surface area contributed by atoms with Crippen LogP contribution in [0.2, 0.25) is 0 Å². The highest BCUT2D eigenvalue weighted by atomic mass is 16.5. The second kappa shape index (κ2) is 7.70. The number of rotatable bonds is 5. The third kappa shape index (κ3) is 3.74. The maximum Gasteiger partial charge on any atom is 0.214 e. The molecule has 0 amide bonds. The zero-order chi connectivity index (χ0) is 18.6. The Labute approximate surface area is 159 Å². The molecule has 6 heteroatoms. The molecule has 3 heterocycles. The van der Waals surface area contributed by atoms with E-state index in [0.29, 0.717) is 12.5 Å². The Bertz CT molecular complexity index is 943. The van der Waals surface area contributed by atoms with E-state index in [1.54, 1.807) is 6.20 Å². The van der Waals surface area contributed by atoms with E-state index in [1.165, 1.54) is 12.0 Å². The molecule has 27 heavy (non-hydrogen) atoms. The summed E-state index contributed by atoms with van der Waals surface area (Å²) in [6.45, 7) is 2.35. The van der Waals surface area contributed by atoms with Gasteiger partial charge in [-0.3, -0.25) is 9.97 Å². The highest BCUT2D eigenvalue weighted by Crippen LogP contribution is 2.33. The summed E-state index contributed by atoms with van der Waals surface area (Å²) in [6, 6.07) is 7.79. The first-order chi connectivity index (χ1) is 13.2. The Balaban J connectivity index is 1.71. The molecule has 0 bridgehead atoms. The van der Waals surface area contributed by atoms with Crippen LogP contribution in [0.25, 0.3) is 11.3 Å². The number of aryl methyl sites for hydroxylation is 2. The average Bonchev–Trinajstić information content (AvgIpc) is 2.73. The molecule has 4 rings (SSSR count). The van der Waals surface area contributed by atoms with Crippen molar-refractivity contribution >= 4 is 5.82 Å². The highest BCUT2D eigenvalue weighted by Gasteiger charge is 2.19. The van der Waals surface area contributed by atoms with Gasteiger partial charge in [-0.1, -0.05) is 6.07 Å². The van der Waals surface area contributed by atoms with Crippen molar-refractivity contribution in [1.29, 1.82) is 0 Å². The van der Waals surface area contributed by atoms with Crippen LogP contribution in [0.1, 0.15) is 35.5 Å². The fourth-order valence-corrected chi connectivity index (χ4v) is 3.43. The number of hydrogen-bond donors (Lipinski definition) is 1. The summed E-state index contributed by atoms with van der Waals surface area (Å²) < 4.78 is 5.96. The quantitative estimate of drug-likeness (QED) is 0.746. The predicted molar refractivity (Wildman–Crippen MR) is 105 cm³/mol. The number of aromatic nitrogens is 4. The van der Waals surface area contributed by atoms with Gasteiger partial charge in [-0.05, 0) is 50.3 Å². The summed E-state index contributed by atoms with van der Waals surface area (Å²) in [4.78, 5) is 18.3. The Morgan fingerprint density at radius 1 is 1.11 bits per heavy atom. The van der Waals surface area contributed by atoms with Crippen molar-refractivity contribution in [3.05, 3.63) is 59.3 Å². The van der Waals surface area contributed by atoms with E-state index < -0.39 is 0 Å². The van der Waals surface area contributed by atoms with Gasteiger partial charge in [0.1, 0.15) is 12.4 Å². The molecule has 1 N–H and O–H groups in total. The van der Waals surface area contributed by atoms with Gasteiger partial charge in [0.25, 0.3) is 0 Å². The third-order valence-corrected chi connectivity index (χ3v) is 4.84. The number of fused-ring (bicyclic) bond motifs is 1. The number of ether oxygens (including phenoxy) is 1. The number of nitrogens with one attached hydrogen (secondary N) is 1. The van der Waals surface area contributed by atoms with Gasteiger partial charge < -0.3 is 10.1 Å². The van der Waals surface area contributed by atoms with E-state index in [9.17, 15) is 0 Å². The van der Waals surface area contributed by atoms with Crippen LogP contribution >= 0.6 is 0 Å². The lowest BCUT2D eigenvalue weighted by Gasteiger charge is -2.20. The second-order valence-corrected chi connectivity index (χ2v) is 6.69. The van der Waals surface area contributed by atoms with Crippen LogP contribution in [0.4, 0.5) is 5.82 Å². The van der Waals surface area contributed by atoms with Crippen molar-refractivity contribution in [2.75, 3.05) is 12.4 Å². The summed E-state index contributed by atoms with van der Waals surface area (Å²) in [6.07, 6.45) is 7.93. The van der Waals surface area contributed by atoms with Crippen molar-refractivity contribution < 1.29 is 4.74 Å². The minimum atomic E-state index is 0.396. The molecule has 0 fully saturated rings. The fraction of sp³-hybridized carbons (Fsp3) is 0.333. The van der Waals surface area contributed by atoms with Crippen molar-refractivity contribution in [2.24, 2.45) is 0 Å². The molecule has 6 nitrogen and oxygen atoms in total. The molecule has 0 aromatic carbocycles. The van der Waals surface area contributed by atoms with Crippen LogP contribution in [0.5, 0.6) is 5.88 Å². The Morgan fingerprint density at radius 3 is 2.81 bits per heavy atom. The number of hydrogen-bond acceptors (Lipinski definition) is 6. The van der Waals surface area contributed by atoms with Crippen LogP contribution in [-0.2, 0) is 19.4 Å². The van der Waals surface area contributed by atoms with E-state index in [0.717, 1.165) is 53.4 Å². The third-order valence-electron chi connectivity index (χ3n) is 4.84. The molecule has 0 aliphatic heterocycles. The molecule has 0 radical (unpaired) electrons. The Hall–Kier alpha value is -3.02. The summed E-state index contributed by atoms with van der Waals surface area (Å²) in [7, 11) is 1.87. The van der Waals surface area contributed by atoms with Gasteiger partial charge in [-0.15, -0.1) is 0 Å². The van der Waals surface area contributed by atoms with Crippen LogP contribution in [0.15, 0.2) is 36.7 Å². The van der Waals surface area contributed by atoms with Crippen molar-refractivity contribution in [3.8, 4) is 17.1 Å². The molecule has 3 aromatic rings. The maximum atomic E-state index is 5.96. The summed E-state index contributed by atoms with van der Waals surface area (Å²) in [5, 5.41) is 3.12. The first-order valence-corrected chi connectivity index (χ1v) is 9.32. The fourth-order valence-electron chi connectivity index (χ4n) is 3.43. The van der Waals surface area contributed by atoms with Gasteiger partial charge in [0.2, 0.25) is 5.88 Å². The SMILES string of the molecule is CNc1nc(-c2cc(OCc3ccccn3)nc3c2CCCC3)cnc1C. The highest BCUT2D eigenvalue weighted by molar-refractivity contribution is 5.67. The monoisotopic (exact) mass is 361 g/mol. The Morgan fingerprint density at radius 2 is 2.00 bits per heavy atom. The Kier molecular flexibility index (Phi) is 4.96. The summed E-state index contributed by atoms with van der Waals surface area (Å²) >= 11 is 0. The average molecular weight is 361 g/mol. The van der Waals surface area contributed by atoms with Gasteiger partial charge in [-0.2, -0.15) is 0 Å². The molecule has 0 spiro atoms. The second-order valence-electron chi connectivity index (χ2n) is 6.69. The van der Waals surface area contributed by atoms with Crippen LogP contribution < -0.4 is 10.1 Å². The van der Waals surface area contributed by atoms with Gasteiger partial charge in [0.05, 0.1) is 23.3 Å². The molecule has 0 saturated carbocycles. The molecule has 1 aliphatic rings. The van der Waals surface area contributed by atoms with Crippen molar-refractivity contribution in [3.63, 3.8) is 0 Å². The molecule has 0 unspecified atom stereocenters. The van der Waals surface area contributed by atoms with E-state index in [-0.39, 0.29) is 0 Å². The lowest BCUT2D eigenvalue weighted by atomic mass is 9.91. The van der Waals surface area contributed by atoms with E-state index >= 15 is 0 Å². The summed E-state index contributed by atoms with van der Waals surface area (Å²) in [5.41, 5.74) is 6.07. The zero-order valence-corrected chi connectivity index (χ0v) is 15.7. The van der Waals surface area contributed by atoms with Gasteiger partial charge >= 0.3 is 0 Å². The minimum Gasteiger partial charge on any atom is -0.471 e. The summed E-state index contributed by atoms with van der Waals surface area (Å²) in [5.74, 6) is 1.41. The van der Waals surface area contributed by atoms with Gasteiger partial charge in [0, 0.05) is 30.6 Å². The number of anilines is 1. The predicted octanol–water partition coefficient (Wildman–Crippen LogP) is 3.74. The lowest BCUT2D eigenvalue weighted by Crippen LogP contribution is -2.10. The minimum absolute atomic E-state index is 0.396. The van der Waals surface area contributed by atoms with Gasteiger partial charge in [-0.25, -0.2) is 9.97 Å². The van der Waals surface area contributed by atoms with Crippen LogP contribution in [-0.4, -0.2) is 27.0 Å².